The Morgan fingerprint density at radius 3 is 2.53 bits per heavy atom. The van der Waals surface area contributed by atoms with Gasteiger partial charge in [0.05, 0.1) is 6.67 Å². The summed E-state index contributed by atoms with van der Waals surface area (Å²) in [5.74, 6) is 0. The highest BCUT2D eigenvalue weighted by Crippen LogP contribution is 2.27. The zero-order valence-corrected chi connectivity index (χ0v) is 9.93. The third-order valence-corrected chi connectivity index (χ3v) is 3.18. The molecule has 0 aromatic heterocycles. The van der Waals surface area contributed by atoms with Gasteiger partial charge in [0.1, 0.15) is 0 Å². The molecule has 0 aliphatic carbocycles. The van der Waals surface area contributed by atoms with Crippen molar-refractivity contribution in [2.75, 3.05) is 6.67 Å². The molecule has 78 valence electrons. The third kappa shape index (κ3) is 2.20. The van der Waals surface area contributed by atoms with Crippen molar-refractivity contribution in [3.63, 3.8) is 0 Å². The molecule has 0 unspecified atom stereocenters. The van der Waals surface area contributed by atoms with Crippen LogP contribution < -0.4 is 0 Å². The number of hydrogen-bond acceptors (Lipinski definition) is 0. The van der Waals surface area contributed by atoms with Crippen LogP contribution in [0, 0.1) is 0 Å². The first-order chi connectivity index (χ1) is 7.33. The molecule has 2 aromatic rings. The number of benzene rings is 2. The summed E-state index contributed by atoms with van der Waals surface area (Å²) < 4.78 is 13.3. The molecule has 0 spiro atoms. The van der Waals surface area contributed by atoms with E-state index in [0.29, 0.717) is 6.42 Å². The van der Waals surface area contributed by atoms with Gasteiger partial charge in [0.15, 0.2) is 0 Å². The first-order valence-corrected chi connectivity index (χ1v) is 5.84. The molecule has 15 heavy (non-hydrogen) atoms. The predicted octanol–water partition coefficient (Wildman–Crippen LogP) is 4.50. The Morgan fingerprint density at radius 2 is 1.80 bits per heavy atom. The number of aryl methyl sites for hydroxylation is 1. The normalized spacial score (nSPS) is 10.8. The van der Waals surface area contributed by atoms with Crippen LogP contribution in [0.3, 0.4) is 0 Å². The molecule has 0 saturated carbocycles. The van der Waals surface area contributed by atoms with Gasteiger partial charge in [0, 0.05) is 4.47 Å². The van der Waals surface area contributed by atoms with Crippen LogP contribution in [0.1, 0.15) is 12.0 Å². The van der Waals surface area contributed by atoms with E-state index in [2.05, 4.69) is 34.1 Å². The second kappa shape index (κ2) is 4.75. The maximum atomic E-state index is 12.2. The Morgan fingerprint density at radius 1 is 1.07 bits per heavy atom. The summed E-state index contributed by atoms with van der Waals surface area (Å²) in [6, 6.07) is 12.3. The van der Waals surface area contributed by atoms with Gasteiger partial charge in [-0.25, -0.2) is 0 Å². The van der Waals surface area contributed by atoms with Crippen molar-refractivity contribution >= 4 is 26.7 Å². The van der Waals surface area contributed by atoms with Crippen LogP contribution >= 0.6 is 15.9 Å². The van der Waals surface area contributed by atoms with E-state index < -0.39 is 0 Å². The SMILES string of the molecule is FCCCc1cccc2cccc(Br)c12. The standard InChI is InChI=1S/C13H12BrF/c14-12-8-2-6-10-4-1-5-11(13(10)12)7-3-9-15/h1-2,4-6,8H,3,7,9H2. The van der Waals surface area contributed by atoms with Crippen molar-refractivity contribution in [3.05, 3.63) is 46.4 Å². The molecular weight excluding hydrogens is 255 g/mol. The van der Waals surface area contributed by atoms with Gasteiger partial charge >= 0.3 is 0 Å². The molecule has 0 heterocycles. The van der Waals surface area contributed by atoms with E-state index in [1.807, 2.05) is 18.2 Å². The van der Waals surface area contributed by atoms with Gasteiger partial charge in [0.25, 0.3) is 0 Å². The quantitative estimate of drug-likeness (QED) is 0.767. The number of alkyl halides is 1. The number of halogens is 2. The number of rotatable bonds is 3. The molecule has 0 saturated heterocycles. The van der Waals surface area contributed by atoms with E-state index in [1.165, 1.54) is 16.3 Å². The van der Waals surface area contributed by atoms with E-state index in [1.54, 1.807) is 0 Å². The number of fused-ring (bicyclic) bond motifs is 1. The van der Waals surface area contributed by atoms with Crippen molar-refractivity contribution in [2.45, 2.75) is 12.8 Å². The van der Waals surface area contributed by atoms with Gasteiger partial charge in [-0.3, -0.25) is 4.39 Å². The Balaban J connectivity index is 2.53. The van der Waals surface area contributed by atoms with Gasteiger partial charge in [-0.1, -0.05) is 46.3 Å². The molecule has 2 aromatic carbocycles. The summed E-state index contributed by atoms with van der Waals surface area (Å²) in [7, 11) is 0. The lowest BCUT2D eigenvalue weighted by atomic mass is 10.0. The summed E-state index contributed by atoms with van der Waals surface area (Å²) in [5.41, 5.74) is 1.22. The molecule has 0 atom stereocenters. The predicted molar refractivity (Wildman–Crippen MR) is 65.9 cm³/mol. The van der Waals surface area contributed by atoms with Crippen molar-refractivity contribution in [2.24, 2.45) is 0 Å². The largest absolute Gasteiger partial charge is 0.251 e. The van der Waals surface area contributed by atoms with Crippen LogP contribution in [-0.2, 0) is 6.42 Å². The van der Waals surface area contributed by atoms with Crippen molar-refractivity contribution in [3.8, 4) is 0 Å². The summed E-state index contributed by atoms with van der Waals surface area (Å²) in [4.78, 5) is 0. The Bertz CT molecular complexity index is 460. The lowest BCUT2D eigenvalue weighted by molar-refractivity contribution is 0.473. The molecule has 0 N–H and O–H groups in total. The van der Waals surface area contributed by atoms with Gasteiger partial charge in [-0.15, -0.1) is 0 Å². The van der Waals surface area contributed by atoms with Gasteiger partial charge in [-0.2, -0.15) is 0 Å². The Hall–Kier alpha value is -0.890. The van der Waals surface area contributed by atoms with Gasteiger partial charge in [-0.05, 0) is 35.2 Å². The molecule has 2 rings (SSSR count). The van der Waals surface area contributed by atoms with Gasteiger partial charge in [0.2, 0.25) is 0 Å². The molecule has 0 amide bonds. The molecule has 0 bridgehead atoms. The average molecular weight is 267 g/mol. The van der Waals surface area contributed by atoms with Crippen LogP contribution in [0.2, 0.25) is 0 Å². The van der Waals surface area contributed by atoms with E-state index in [-0.39, 0.29) is 6.67 Å². The van der Waals surface area contributed by atoms with Crippen LogP contribution in [0.4, 0.5) is 4.39 Å². The first-order valence-electron chi connectivity index (χ1n) is 5.05. The smallest absolute Gasteiger partial charge is 0.0897 e. The Labute approximate surface area is 97.2 Å². The lowest BCUT2D eigenvalue weighted by Gasteiger charge is -2.07. The minimum Gasteiger partial charge on any atom is -0.251 e. The van der Waals surface area contributed by atoms with Crippen LogP contribution in [-0.4, -0.2) is 6.67 Å². The second-order valence-electron chi connectivity index (χ2n) is 3.55. The van der Waals surface area contributed by atoms with E-state index in [9.17, 15) is 4.39 Å². The molecule has 0 fully saturated rings. The highest BCUT2D eigenvalue weighted by atomic mass is 79.9. The fourth-order valence-corrected chi connectivity index (χ4v) is 2.47. The molecule has 0 aliphatic rings. The summed E-state index contributed by atoms with van der Waals surface area (Å²) >= 11 is 3.55. The van der Waals surface area contributed by atoms with E-state index >= 15 is 0 Å². The van der Waals surface area contributed by atoms with Crippen molar-refractivity contribution in [1.82, 2.24) is 0 Å². The molecule has 0 radical (unpaired) electrons. The third-order valence-electron chi connectivity index (χ3n) is 2.52. The molecule has 0 aliphatic heterocycles. The summed E-state index contributed by atoms with van der Waals surface area (Å²) in [5, 5.41) is 2.43. The van der Waals surface area contributed by atoms with Crippen LogP contribution in [0.5, 0.6) is 0 Å². The number of hydrogen-bond donors (Lipinski definition) is 0. The van der Waals surface area contributed by atoms with Crippen molar-refractivity contribution < 1.29 is 4.39 Å². The average Bonchev–Trinajstić information content (AvgIpc) is 2.26. The fraction of sp³-hybridized carbons (Fsp3) is 0.231. The zero-order valence-electron chi connectivity index (χ0n) is 8.34. The summed E-state index contributed by atoms with van der Waals surface area (Å²) in [6.45, 7) is -0.249. The van der Waals surface area contributed by atoms with Gasteiger partial charge < -0.3 is 0 Å². The topological polar surface area (TPSA) is 0 Å². The second-order valence-corrected chi connectivity index (χ2v) is 4.40. The van der Waals surface area contributed by atoms with E-state index in [0.717, 1.165) is 10.9 Å². The van der Waals surface area contributed by atoms with Crippen LogP contribution in [0.15, 0.2) is 40.9 Å². The lowest BCUT2D eigenvalue weighted by Crippen LogP contribution is -1.89. The minimum atomic E-state index is -0.249. The monoisotopic (exact) mass is 266 g/mol. The minimum absolute atomic E-state index is 0.249. The van der Waals surface area contributed by atoms with Crippen molar-refractivity contribution in [1.29, 1.82) is 0 Å². The Kier molecular flexibility index (Phi) is 3.37. The zero-order chi connectivity index (χ0) is 10.7. The summed E-state index contributed by atoms with van der Waals surface area (Å²) in [6.07, 6.45) is 1.40. The molecule has 0 nitrogen and oxygen atoms in total. The highest BCUT2D eigenvalue weighted by Gasteiger charge is 2.03. The fourth-order valence-electron chi connectivity index (χ4n) is 1.84. The molecule has 2 heteroatoms. The maximum absolute atomic E-state index is 12.2. The highest BCUT2D eigenvalue weighted by molar-refractivity contribution is 9.10. The van der Waals surface area contributed by atoms with Crippen LogP contribution in [0.25, 0.3) is 10.8 Å². The first kappa shape index (κ1) is 10.6. The molecular formula is C13H12BrF. The maximum Gasteiger partial charge on any atom is 0.0897 e. The van der Waals surface area contributed by atoms with E-state index in [4.69, 9.17) is 0 Å².